The SMILES string of the molecule is O=C1CN(S(=O)(=O)c2cccc(Br)c2)c2ccccc2N1. The van der Waals surface area contributed by atoms with Crippen LogP contribution >= 0.6 is 15.9 Å². The number of hydrogen-bond acceptors (Lipinski definition) is 3. The van der Waals surface area contributed by atoms with Crippen molar-refractivity contribution in [2.75, 3.05) is 16.2 Å². The second kappa shape index (κ2) is 5.16. The molecular formula is C14H11BrN2O3S. The van der Waals surface area contributed by atoms with Gasteiger partial charge in [-0.15, -0.1) is 0 Å². The normalized spacial score (nSPS) is 14.5. The Morgan fingerprint density at radius 2 is 1.86 bits per heavy atom. The van der Waals surface area contributed by atoms with E-state index in [-0.39, 0.29) is 17.3 Å². The third-order valence-corrected chi connectivity index (χ3v) is 5.37. The van der Waals surface area contributed by atoms with Crippen molar-refractivity contribution in [2.24, 2.45) is 0 Å². The Hall–Kier alpha value is -1.86. The van der Waals surface area contributed by atoms with Gasteiger partial charge < -0.3 is 5.32 Å². The van der Waals surface area contributed by atoms with E-state index in [4.69, 9.17) is 0 Å². The zero-order chi connectivity index (χ0) is 15.0. The fourth-order valence-electron chi connectivity index (χ4n) is 2.17. The van der Waals surface area contributed by atoms with Crippen molar-refractivity contribution < 1.29 is 13.2 Å². The monoisotopic (exact) mass is 366 g/mol. The maximum absolute atomic E-state index is 12.8. The van der Waals surface area contributed by atoms with Gasteiger partial charge in [0.1, 0.15) is 6.54 Å². The van der Waals surface area contributed by atoms with Gasteiger partial charge in [-0.25, -0.2) is 8.42 Å². The first-order valence-corrected chi connectivity index (χ1v) is 8.39. The molecule has 0 spiro atoms. The van der Waals surface area contributed by atoms with Crippen LogP contribution in [0.25, 0.3) is 0 Å². The van der Waals surface area contributed by atoms with Gasteiger partial charge in [-0.2, -0.15) is 0 Å². The average Bonchev–Trinajstić information content (AvgIpc) is 2.46. The minimum Gasteiger partial charge on any atom is -0.323 e. The molecule has 1 N–H and O–H groups in total. The summed E-state index contributed by atoms with van der Waals surface area (Å²) in [5.74, 6) is -0.354. The molecule has 2 aromatic carbocycles. The fourth-order valence-corrected chi connectivity index (χ4v) is 4.21. The van der Waals surface area contributed by atoms with Crippen LogP contribution < -0.4 is 9.62 Å². The van der Waals surface area contributed by atoms with Crippen LogP contribution in [0.15, 0.2) is 57.9 Å². The molecule has 0 saturated heterocycles. The number of fused-ring (bicyclic) bond motifs is 1. The summed E-state index contributed by atoms with van der Waals surface area (Å²) < 4.78 is 27.3. The van der Waals surface area contributed by atoms with E-state index in [2.05, 4.69) is 21.2 Å². The number of para-hydroxylation sites is 2. The van der Waals surface area contributed by atoms with Gasteiger partial charge in [0.25, 0.3) is 10.0 Å². The number of benzene rings is 2. The molecule has 5 nitrogen and oxygen atoms in total. The predicted octanol–water partition coefficient (Wildman–Crippen LogP) is 2.60. The van der Waals surface area contributed by atoms with Gasteiger partial charge in [0.05, 0.1) is 16.3 Å². The molecule has 108 valence electrons. The Balaban J connectivity index is 2.14. The summed E-state index contributed by atoms with van der Waals surface area (Å²) in [4.78, 5) is 11.9. The molecule has 0 aromatic heterocycles. The largest absolute Gasteiger partial charge is 0.323 e. The summed E-state index contributed by atoms with van der Waals surface area (Å²) in [6, 6.07) is 13.2. The highest BCUT2D eigenvalue weighted by Gasteiger charge is 2.32. The lowest BCUT2D eigenvalue weighted by molar-refractivity contribution is -0.115. The third-order valence-electron chi connectivity index (χ3n) is 3.12. The van der Waals surface area contributed by atoms with E-state index in [0.717, 1.165) is 4.31 Å². The van der Waals surface area contributed by atoms with E-state index in [1.54, 1.807) is 36.4 Å². The Morgan fingerprint density at radius 1 is 1.10 bits per heavy atom. The number of anilines is 2. The van der Waals surface area contributed by atoms with Gasteiger partial charge in [0.2, 0.25) is 5.91 Å². The summed E-state index contributed by atoms with van der Waals surface area (Å²) in [5, 5.41) is 2.67. The second-order valence-corrected chi connectivity index (χ2v) is 7.31. The second-order valence-electron chi connectivity index (χ2n) is 4.53. The van der Waals surface area contributed by atoms with E-state index in [1.165, 1.54) is 12.1 Å². The van der Waals surface area contributed by atoms with Crippen LogP contribution in [-0.2, 0) is 14.8 Å². The Morgan fingerprint density at radius 3 is 2.62 bits per heavy atom. The van der Waals surface area contributed by atoms with Crippen molar-refractivity contribution in [1.82, 2.24) is 0 Å². The lowest BCUT2D eigenvalue weighted by Gasteiger charge is -2.30. The maximum Gasteiger partial charge on any atom is 0.264 e. The van der Waals surface area contributed by atoms with Crippen molar-refractivity contribution in [3.63, 3.8) is 0 Å². The molecule has 0 unspecified atom stereocenters. The molecule has 0 fully saturated rings. The van der Waals surface area contributed by atoms with Crippen LogP contribution in [0.4, 0.5) is 11.4 Å². The third kappa shape index (κ3) is 2.54. The van der Waals surface area contributed by atoms with Crippen molar-refractivity contribution in [3.05, 3.63) is 53.0 Å². The summed E-state index contributed by atoms with van der Waals surface area (Å²) in [6.07, 6.45) is 0. The number of sulfonamides is 1. The molecule has 21 heavy (non-hydrogen) atoms. The highest BCUT2D eigenvalue weighted by molar-refractivity contribution is 9.10. The average molecular weight is 367 g/mol. The van der Waals surface area contributed by atoms with E-state index < -0.39 is 10.0 Å². The molecule has 1 heterocycles. The molecule has 3 rings (SSSR count). The summed E-state index contributed by atoms with van der Waals surface area (Å²) in [7, 11) is -3.79. The predicted molar refractivity (Wildman–Crippen MR) is 83.7 cm³/mol. The van der Waals surface area contributed by atoms with Crippen molar-refractivity contribution >= 4 is 43.2 Å². The molecule has 0 atom stereocenters. The van der Waals surface area contributed by atoms with Crippen LogP contribution in [0, 0.1) is 0 Å². The van der Waals surface area contributed by atoms with Crippen molar-refractivity contribution in [2.45, 2.75) is 4.90 Å². The van der Waals surface area contributed by atoms with Gasteiger partial charge >= 0.3 is 0 Å². The zero-order valence-electron chi connectivity index (χ0n) is 10.8. The van der Waals surface area contributed by atoms with Crippen LogP contribution in [0.3, 0.4) is 0 Å². The topological polar surface area (TPSA) is 66.5 Å². The first kappa shape index (κ1) is 14.1. The number of nitrogens with zero attached hydrogens (tertiary/aromatic N) is 1. The number of nitrogens with one attached hydrogen (secondary N) is 1. The number of carbonyl (C=O) groups is 1. The number of amides is 1. The molecule has 0 saturated carbocycles. The standard InChI is InChI=1S/C14H11BrN2O3S/c15-10-4-3-5-11(8-10)21(19,20)17-9-14(18)16-12-6-1-2-7-13(12)17/h1-8H,9H2,(H,16,18). The summed E-state index contributed by atoms with van der Waals surface area (Å²) in [6.45, 7) is -0.230. The number of hydrogen-bond donors (Lipinski definition) is 1. The highest BCUT2D eigenvalue weighted by atomic mass is 79.9. The molecule has 0 aliphatic carbocycles. The van der Waals surface area contributed by atoms with E-state index in [9.17, 15) is 13.2 Å². The quantitative estimate of drug-likeness (QED) is 0.887. The molecular weight excluding hydrogens is 356 g/mol. The van der Waals surface area contributed by atoms with Gasteiger partial charge in [-0.1, -0.05) is 34.1 Å². The molecule has 1 amide bonds. The minimum atomic E-state index is -3.79. The Labute approximate surface area is 130 Å². The lowest BCUT2D eigenvalue weighted by atomic mass is 10.2. The molecule has 1 aliphatic rings. The smallest absolute Gasteiger partial charge is 0.264 e. The van der Waals surface area contributed by atoms with Gasteiger partial charge in [-0.3, -0.25) is 9.10 Å². The van der Waals surface area contributed by atoms with Crippen LogP contribution in [0.5, 0.6) is 0 Å². The van der Waals surface area contributed by atoms with E-state index >= 15 is 0 Å². The number of halogens is 1. The lowest BCUT2D eigenvalue weighted by Crippen LogP contribution is -2.42. The summed E-state index contributed by atoms with van der Waals surface area (Å²) in [5.41, 5.74) is 0.962. The van der Waals surface area contributed by atoms with Crippen LogP contribution in [0.2, 0.25) is 0 Å². The van der Waals surface area contributed by atoms with Gasteiger partial charge in [-0.05, 0) is 30.3 Å². The van der Waals surface area contributed by atoms with Crippen LogP contribution in [0.1, 0.15) is 0 Å². The zero-order valence-corrected chi connectivity index (χ0v) is 13.2. The van der Waals surface area contributed by atoms with E-state index in [1.807, 2.05) is 0 Å². The first-order valence-electron chi connectivity index (χ1n) is 6.16. The minimum absolute atomic E-state index is 0.140. The molecule has 0 radical (unpaired) electrons. The Bertz CT molecular complexity index is 820. The molecule has 2 aromatic rings. The molecule has 7 heteroatoms. The van der Waals surface area contributed by atoms with Gasteiger partial charge in [0.15, 0.2) is 0 Å². The molecule has 0 bridgehead atoms. The number of carbonyl (C=O) groups excluding carboxylic acids is 1. The van der Waals surface area contributed by atoms with Crippen molar-refractivity contribution in [3.8, 4) is 0 Å². The van der Waals surface area contributed by atoms with Crippen molar-refractivity contribution in [1.29, 1.82) is 0 Å². The van der Waals surface area contributed by atoms with Gasteiger partial charge in [0, 0.05) is 4.47 Å². The fraction of sp³-hybridized carbons (Fsp3) is 0.0714. The number of rotatable bonds is 2. The Kier molecular flexibility index (Phi) is 3.46. The summed E-state index contributed by atoms with van der Waals surface area (Å²) >= 11 is 3.26. The molecule has 1 aliphatic heterocycles. The maximum atomic E-state index is 12.8. The van der Waals surface area contributed by atoms with Crippen LogP contribution in [-0.4, -0.2) is 20.9 Å². The highest BCUT2D eigenvalue weighted by Crippen LogP contribution is 2.33. The first-order chi connectivity index (χ1) is 9.98. The van der Waals surface area contributed by atoms with E-state index in [0.29, 0.717) is 15.8 Å².